The van der Waals surface area contributed by atoms with E-state index in [4.69, 9.17) is 4.74 Å². The molecule has 4 aromatic rings. The van der Waals surface area contributed by atoms with Crippen LogP contribution in [0.5, 0.6) is 5.75 Å². The molecule has 1 N–H and O–H groups in total. The van der Waals surface area contributed by atoms with Crippen LogP contribution in [0, 0.1) is 0 Å². The highest BCUT2D eigenvalue weighted by Crippen LogP contribution is 2.35. The fourth-order valence-corrected chi connectivity index (χ4v) is 4.28. The number of benzene rings is 4. The summed E-state index contributed by atoms with van der Waals surface area (Å²) in [6, 6.07) is 23.9. The maximum atomic E-state index is 11.9. The van der Waals surface area contributed by atoms with Crippen LogP contribution in [0.4, 0.5) is 5.69 Å². The summed E-state index contributed by atoms with van der Waals surface area (Å²) in [5.74, 6) is 0.789. The van der Waals surface area contributed by atoms with E-state index in [1.54, 1.807) is 7.11 Å². The van der Waals surface area contributed by atoms with Gasteiger partial charge in [0.2, 0.25) is 10.0 Å². The summed E-state index contributed by atoms with van der Waals surface area (Å²) < 4.78 is 32.2. The Labute approximate surface area is 164 Å². The molecule has 4 aromatic carbocycles. The minimum absolute atomic E-state index is 0.545. The van der Waals surface area contributed by atoms with Crippen LogP contribution < -0.4 is 9.46 Å². The van der Waals surface area contributed by atoms with Crippen LogP contribution in [-0.2, 0) is 16.4 Å². The van der Waals surface area contributed by atoms with Crippen LogP contribution in [-0.4, -0.2) is 21.8 Å². The SMILES string of the molecule is COc1ccc2ccccc2c1Cc1c(NS(C)(=O)=O)ccc2ccccc12. The molecule has 0 aromatic heterocycles. The zero-order chi connectivity index (χ0) is 19.7. The van der Waals surface area contributed by atoms with Crippen molar-refractivity contribution in [1.29, 1.82) is 0 Å². The molecule has 4 nitrogen and oxygen atoms in total. The first-order chi connectivity index (χ1) is 13.5. The molecule has 0 saturated carbocycles. The lowest BCUT2D eigenvalue weighted by atomic mass is 9.93. The number of methoxy groups -OCH3 is 1. The van der Waals surface area contributed by atoms with Gasteiger partial charge in [0, 0.05) is 12.0 Å². The number of ether oxygens (including phenoxy) is 1. The highest BCUT2D eigenvalue weighted by molar-refractivity contribution is 7.92. The van der Waals surface area contributed by atoms with Crippen molar-refractivity contribution < 1.29 is 13.2 Å². The van der Waals surface area contributed by atoms with Gasteiger partial charge in [0.15, 0.2) is 0 Å². The normalized spacial score (nSPS) is 11.6. The molecule has 142 valence electrons. The van der Waals surface area contributed by atoms with E-state index in [1.165, 1.54) is 6.26 Å². The van der Waals surface area contributed by atoms with Gasteiger partial charge in [-0.15, -0.1) is 0 Å². The van der Waals surface area contributed by atoms with Gasteiger partial charge in [0.1, 0.15) is 5.75 Å². The number of anilines is 1. The molecule has 0 fully saturated rings. The number of hydrogen-bond donors (Lipinski definition) is 1. The molecule has 0 bridgehead atoms. The molecule has 0 aliphatic heterocycles. The molecule has 0 spiro atoms. The van der Waals surface area contributed by atoms with E-state index in [-0.39, 0.29) is 0 Å². The van der Waals surface area contributed by atoms with E-state index in [9.17, 15) is 8.42 Å². The molecular weight excluding hydrogens is 370 g/mol. The first-order valence-corrected chi connectivity index (χ1v) is 10.9. The van der Waals surface area contributed by atoms with Crippen molar-refractivity contribution in [3.05, 3.63) is 83.9 Å². The Bertz CT molecular complexity index is 1280. The van der Waals surface area contributed by atoms with Crippen molar-refractivity contribution in [2.75, 3.05) is 18.1 Å². The Balaban J connectivity index is 1.97. The third-order valence-electron chi connectivity index (χ3n) is 4.91. The lowest BCUT2D eigenvalue weighted by Crippen LogP contribution is -2.12. The zero-order valence-corrected chi connectivity index (χ0v) is 16.6. The average Bonchev–Trinajstić information content (AvgIpc) is 2.68. The maximum absolute atomic E-state index is 11.9. The quantitative estimate of drug-likeness (QED) is 0.523. The molecule has 28 heavy (non-hydrogen) atoms. The summed E-state index contributed by atoms with van der Waals surface area (Å²) >= 11 is 0. The number of rotatable bonds is 5. The van der Waals surface area contributed by atoms with Crippen LogP contribution in [0.1, 0.15) is 11.1 Å². The Morgan fingerprint density at radius 2 is 1.36 bits per heavy atom. The van der Waals surface area contributed by atoms with Crippen molar-refractivity contribution in [1.82, 2.24) is 0 Å². The minimum atomic E-state index is -3.40. The number of sulfonamides is 1. The summed E-state index contributed by atoms with van der Waals surface area (Å²) in [6.45, 7) is 0. The zero-order valence-electron chi connectivity index (χ0n) is 15.8. The number of fused-ring (bicyclic) bond motifs is 2. The van der Waals surface area contributed by atoms with E-state index in [0.29, 0.717) is 12.1 Å². The molecule has 0 aliphatic carbocycles. The van der Waals surface area contributed by atoms with E-state index in [1.807, 2.05) is 60.7 Å². The van der Waals surface area contributed by atoms with Crippen LogP contribution in [0.25, 0.3) is 21.5 Å². The Kier molecular flexibility index (Phi) is 4.69. The maximum Gasteiger partial charge on any atom is 0.229 e. The van der Waals surface area contributed by atoms with E-state index in [2.05, 4.69) is 16.9 Å². The minimum Gasteiger partial charge on any atom is -0.496 e. The van der Waals surface area contributed by atoms with Crippen molar-refractivity contribution in [3.8, 4) is 5.75 Å². The molecule has 4 rings (SSSR count). The smallest absolute Gasteiger partial charge is 0.229 e. The Morgan fingerprint density at radius 3 is 1.96 bits per heavy atom. The molecule has 0 saturated heterocycles. The first-order valence-electron chi connectivity index (χ1n) is 8.99. The van der Waals surface area contributed by atoms with Gasteiger partial charge in [-0.05, 0) is 39.2 Å². The predicted octanol–water partition coefficient (Wildman–Crippen LogP) is 4.96. The Hall–Kier alpha value is -3.05. The van der Waals surface area contributed by atoms with Gasteiger partial charge in [-0.1, -0.05) is 60.7 Å². The summed E-state index contributed by atoms with van der Waals surface area (Å²) in [6.07, 6.45) is 1.72. The third kappa shape index (κ3) is 3.53. The van der Waals surface area contributed by atoms with Crippen LogP contribution in [0.15, 0.2) is 72.8 Å². The van der Waals surface area contributed by atoms with Gasteiger partial charge in [0.25, 0.3) is 0 Å². The van der Waals surface area contributed by atoms with Crippen molar-refractivity contribution in [2.45, 2.75) is 6.42 Å². The van der Waals surface area contributed by atoms with Gasteiger partial charge < -0.3 is 4.74 Å². The largest absolute Gasteiger partial charge is 0.496 e. The second kappa shape index (κ2) is 7.17. The molecule has 0 radical (unpaired) electrons. The van der Waals surface area contributed by atoms with Gasteiger partial charge in [-0.3, -0.25) is 4.72 Å². The molecular formula is C23H21NO3S. The predicted molar refractivity (Wildman–Crippen MR) is 116 cm³/mol. The molecule has 0 heterocycles. The van der Waals surface area contributed by atoms with Crippen molar-refractivity contribution >= 4 is 37.3 Å². The monoisotopic (exact) mass is 391 g/mol. The van der Waals surface area contributed by atoms with Gasteiger partial charge in [-0.2, -0.15) is 0 Å². The summed E-state index contributed by atoms with van der Waals surface area (Å²) in [5, 5.41) is 4.30. The van der Waals surface area contributed by atoms with Gasteiger partial charge in [-0.25, -0.2) is 8.42 Å². The van der Waals surface area contributed by atoms with Gasteiger partial charge in [0.05, 0.1) is 19.1 Å². The topological polar surface area (TPSA) is 55.4 Å². The summed E-state index contributed by atoms with van der Waals surface area (Å²) in [5.41, 5.74) is 2.56. The molecule has 0 aliphatic rings. The molecule has 0 atom stereocenters. The lowest BCUT2D eigenvalue weighted by Gasteiger charge is -2.17. The Morgan fingerprint density at radius 1 is 0.786 bits per heavy atom. The van der Waals surface area contributed by atoms with Crippen LogP contribution >= 0.6 is 0 Å². The third-order valence-corrected chi connectivity index (χ3v) is 5.50. The van der Waals surface area contributed by atoms with Gasteiger partial charge >= 0.3 is 0 Å². The standard InChI is InChI=1S/C23H21NO3S/c1-27-23-14-12-17-8-4-6-10-19(17)21(23)15-20-18-9-5-3-7-16(18)11-13-22(20)24-28(2,25)26/h3-14,24H,15H2,1-2H3. The summed E-state index contributed by atoms with van der Waals surface area (Å²) in [4.78, 5) is 0. The van der Waals surface area contributed by atoms with Crippen molar-refractivity contribution in [3.63, 3.8) is 0 Å². The average molecular weight is 391 g/mol. The number of hydrogen-bond acceptors (Lipinski definition) is 3. The second-order valence-electron chi connectivity index (χ2n) is 6.83. The number of nitrogens with one attached hydrogen (secondary N) is 1. The highest BCUT2D eigenvalue weighted by Gasteiger charge is 2.16. The van der Waals surface area contributed by atoms with E-state index >= 15 is 0 Å². The molecule has 5 heteroatoms. The highest BCUT2D eigenvalue weighted by atomic mass is 32.2. The summed E-state index contributed by atoms with van der Waals surface area (Å²) in [7, 11) is -1.74. The fraction of sp³-hybridized carbons (Fsp3) is 0.130. The van der Waals surface area contributed by atoms with E-state index < -0.39 is 10.0 Å². The molecule has 0 unspecified atom stereocenters. The fourth-order valence-electron chi connectivity index (χ4n) is 3.69. The van der Waals surface area contributed by atoms with Crippen LogP contribution in [0.2, 0.25) is 0 Å². The second-order valence-corrected chi connectivity index (χ2v) is 8.58. The van der Waals surface area contributed by atoms with E-state index in [0.717, 1.165) is 38.4 Å². The lowest BCUT2D eigenvalue weighted by molar-refractivity contribution is 0.411. The van der Waals surface area contributed by atoms with Crippen LogP contribution in [0.3, 0.4) is 0 Å². The van der Waals surface area contributed by atoms with Crippen molar-refractivity contribution in [2.24, 2.45) is 0 Å². The first kappa shape index (κ1) is 18.3. The molecule has 0 amide bonds.